The molecule has 0 amide bonds. The third kappa shape index (κ3) is 2.07. The minimum absolute atomic E-state index is 0.0751. The van der Waals surface area contributed by atoms with Gasteiger partial charge in [-0.1, -0.05) is 11.6 Å². The molecule has 6 heteroatoms. The third-order valence-electron chi connectivity index (χ3n) is 2.01. The van der Waals surface area contributed by atoms with Crippen LogP contribution in [0.4, 0.5) is 0 Å². The van der Waals surface area contributed by atoms with Crippen molar-refractivity contribution in [3.8, 4) is 0 Å². The number of aliphatic carboxylic acids is 1. The highest BCUT2D eigenvalue weighted by molar-refractivity contribution is 6.30. The summed E-state index contributed by atoms with van der Waals surface area (Å²) in [7, 11) is 0. The maximum Gasteiger partial charge on any atom is 0.303 e. The van der Waals surface area contributed by atoms with E-state index in [1.807, 2.05) is 0 Å². The van der Waals surface area contributed by atoms with Crippen molar-refractivity contribution in [2.24, 2.45) is 0 Å². The van der Waals surface area contributed by atoms with Gasteiger partial charge >= 0.3 is 5.97 Å². The Bertz CT molecular complexity index is 509. The summed E-state index contributed by atoms with van der Waals surface area (Å²) in [5, 5.41) is 13.1. The number of carboxylic acids is 1. The van der Waals surface area contributed by atoms with Crippen molar-refractivity contribution in [3.63, 3.8) is 0 Å². The first kappa shape index (κ1) is 9.92. The van der Waals surface area contributed by atoms with Gasteiger partial charge in [0.2, 0.25) is 0 Å². The number of rotatable bonds is 3. The van der Waals surface area contributed by atoms with E-state index >= 15 is 0 Å². The molecule has 2 heterocycles. The van der Waals surface area contributed by atoms with Gasteiger partial charge in [0.25, 0.3) is 0 Å². The lowest BCUT2D eigenvalue weighted by atomic mass is 10.2. The Labute approximate surface area is 90.3 Å². The first-order valence-electron chi connectivity index (χ1n) is 4.36. The quantitative estimate of drug-likeness (QED) is 0.858. The van der Waals surface area contributed by atoms with Gasteiger partial charge in [0.05, 0.1) is 17.4 Å². The molecule has 0 radical (unpaired) electrons. The Balaban J connectivity index is 2.32. The summed E-state index contributed by atoms with van der Waals surface area (Å²) >= 11 is 5.74. The molecular formula is C9H8ClN3O2. The average Bonchev–Trinajstić information content (AvgIpc) is 2.57. The summed E-state index contributed by atoms with van der Waals surface area (Å²) in [6.07, 6.45) is 5.26. The van der Waals surface area contributed by atoms with E-state index in [2.05, 4.69) is 10.1 Å². The Morgan fingerprint density at radius 2 is 2.33 bits per heavy atom. The zero-order chi connectivity index (χ0) is 10.8. The van der Waals surface area contributed by atoms with Crippen LogP contribution in [0.2, 0.25) is 5.02 Å². The summed E-state index contributed by atoms with van der Waals surface area (Å²) in [6.45, 7) is 0. The van der Waals surface area contributed by atoms with Crippen LogP contribution in [-0.4, -0.2) is 25.7 Å². The molecule has 15 heavy (non-hydrogen) atoms. The van der Waals surface area contributed by atoms with E-state index in [1.54, 1.807) is 16.9 Å². The number of halogens is 1. The molecule has 0 atom stereocenters. The molecule has 0 spiro atoms. The Kier molecular flexibility index (Phi) is 2.55. The highest BCUT2D eigenvalue weighted by atomic mass is 35.5. The summed E-state index contributed by atoms with van der Waals surface area (Å²) < 4.78 is 1.54. The molecule has 78 valence electrons. The second kappa shape index (κ2) is 3.86. The van der Waals surface area contributed by atoms with Crippen molar-refractivity contribution < 1.29 is 9.90 Å². The molecule has 0 aromatic carbocycles. The van der Waals surface area contributed by atoms with Gasteiger partial charge in [0.1, 0.15) is 0 Å². The van der Waals surface area contributed by atoms with Gasteiger partial charge in [0, 0.05) is 18.2 Å². The lowest BCUT2D eigenvalue weighted by Crippen LogP contribution is -1.98. The highest BCUT2D eigenvalue weighted by Gasteiger charge is 2.07. The first-order chi connectivity index (χ1) is 7.16. The number of aryl methyl sites for hydroxylation is 1. The van der Waals surface area contributed by atoms with Gasteiger partial charge in [-0.15, -0.1) is 0 Å². The van der Waals surface area contributed by atoms with Crippen LogP contribution in [-0.2, 0) is 11.2 Å². The number of carbonyl (C=O) groups is 1. The molecule has 0 fully saturated rings. The molecule has 2 rings (SSSR count). The molecule has 0 saturated heterocycles. The second-order valence-corrected chi connectivity index (χ2v) is 3.54. The van der Waals surface area contributed by atoms with Crippen LogP contribution in [0.25, 0.3) is 5.65 Å². The molecular weight excluding hydrogens is 218 g/mol. The molecule has 0 aliphatic rings. The lowest BCUT2D eigenvalue weighted by molar-refractivity contribution is -0.136. The fourth-order valence-electron chi connectivity index (χ4n) is 1.32. The number of aromatic nitrogens is 3. The summed E-state index contributed by atoms with van der Waals surface area (Å²) in [6, 6.07) is 0. The Morgan fingerprint density at radius 3 is 3.07 bits per heavy atom. The normalized spacial score (nSPS) is 10.7. The van der Waals surface area contributed by atoms with E-state index in [9.17, 15) is 4.79 Å². The Morgan fingerprint density at radius 1 is 1.53 bits per heavy atom. The molecule has 2 aromatic rings. The van der Waals surface area contributed by atoms with Crippen molar-refractivity contribution in [2.45, 2.75) is 12.8 Å². The van der Waals surface area contributed by atoms with Gasteiger partial charge < -0.3 is 5.11 Å². The fraction of sp³-hybridized carbons (Fsp3) is 0.222. The van der Waals surface area contributed by atoms with E-state index in [0.29, 0.717) is 17.1 Å². The van der Waals surface area contributed by atoms with Crippen LogP contribution in [0.15, 0.2) is 18.6 Å². The number of carboxylic acid groups (broad SMARTS) is 1. The van der Waals surface area contributed by atoms with Gasteiger partial charge in [0.15, 0.2) is 5.65 Å². The molecule has 2 aromatic heterocycles. The van der Waals surface area contributed by atoms with Crippen molar-refractivity contribution in [1.29, 1.82) is 0 Å². The molecule has 0 bridgehead atoms. The maximum absolute atomic E-state index is 10.4. The minimum Gasteiger partial charge on any atom is -0.481 e. The van der Waals surface area contributed by atoms with Crippen LogP contribution >= 0.6 is 11.6 Å². The molecule has 0 saturated carbocycles. The molecule has 0 unspecified atom stereocenters. The monoisotopic (exact) mass is 225 g/mol. The molecule has 5 nitrogen and oxygen atoms in total. The standard InChI is InChI=1S/C9H8ClN3O2/c10-7-4-11-9-6(1-2-8(14)15)3-12-13(9)5-7/h3-5H,1-2H2,(H,14,15). The highest BCUT2D eigenvalue weighted by Crippen LogP contribution is 2.13. The van der Waals surface area contributed by atoms with Crippen molar-refractivity contribution in [1.82, 2.24) is 14.6 Å². The van der Waals surface area contributed by atoms with Gasteiger partial charge in [-0.05, 0) is 6.42 Å². The van der Waals surface area contributed by atoms with E-state index in [-0.39, 0.29) is 6.42 Å². The summed E-state index contributed by atoms with van der Waals surface area (Å²) in [4.78, 5) is 14.5. The molecule has 0 aliphatic carbocycles. The van der Waals surface area contributed by atoms with Crippen LogP contribution < -0.4 is 0 Å². The van der Waals surface area contributed by atoms with Crippen LogP contribution in [0, 0.1) is 0 Å². The van der Waals surface area contributed by atoms with Gasteiger partial charge in [-0.25, -0.2) is 9.50 Å². The average molecular weight is 226 g/mol. The van der Waals surface area contributed by atoms with Crippen LogP contribution in [0.3, 0.4) is 0 Å². The zero-order valence-corrected chi connectivity index (χ0v) is 8.48. The minimum atomic E-state index is -0.830. The van der Waals surface area contributed by atoms with E-state index < -0.39 is 5.97 Å². The number of hydrogen-bond donors (Lipinski definition) is 1. The number of fused-ring (bicyclic) bond motifs is 1. The van der Waals surface area contributed by atoms with Crippen LogP contribution in [0.1, 0.15) is 12.0 Å². The predicted molar refractivity (Wildman–Crippen MR) is 54.0 cm³/mol. The van der Waals surface area contributed by atoms with Gasteiger partial charge in [-0.3, -0.25) is 4.79 Å². The first-order valence-corrected chi connectivity index (χ1v) is 4.74. The van der Waals surface area contributed by atoms with Crippen molar-refractivity contribution in [2.75, 3.05) is 0 Å². The fourth-order valence-corrected chi connectivity index (χ4v) is 1.46. The number of hydrogen-bond acceptors (Lipinski definition) is 3. The summed E-state index contributed by atoms with van der Waals surface area (Å²) in [5.41, 5.74) is 1.47. The molecule has 0 aliphatic heterocycles. The van der Waals surface area contributed by atoms with E-state index in [0.717, 1.165) is 5.56 Å². The predicted octanol–water partition coefficient (Wildman–Crippen LogP) is 1.40. The van der Waals surface area contributed by atoms with Crippen molar-refractivity contribution >= 4 is 23.2 Å². The van der Waals surface area contributed by atoms with Gasteiger partial charge in [-0.2, -0.15) is 5.10 Å². The lowest BCUT2D eigenvalue weighted by Gasteiger charge is -1.96. The zero-order valence-electron chi connectivity index (χ0n) is 7.72. The SMILES string of the molecule is O=C(O)CCc1cnn2cc(Cl)cnc12. The third-order valence-corrected chi connectivity index (χ3v) is 2.20. The Hall–Kier alpha value is -1.62. The smallest absolute Gasteiger partial charge is 0.303 e. The molecule has 1 N–H and O–H groups in total. The van der Waals surface area contributed by atoms with Crippen molar-refractivity contribution in [3.05, 3.63) is 29.2 Å². The second-order valence-electron chi connectivity index (χ2n) is 3.10. The van der Waals surface area contributed by atoms with E-state index in [1.165, 1.54) is 6.20 Å². The summed E-state index contributed by atoms with van der Waals surface area (Å²) in [5.74, 6) is -0.830. The van der Waals surface area contributed by atoms with E-state index in [4.69, 9.17) is 16.7 Å². The topological polar surface area (TPSA) is 67.5 Å². The van der Waals surface area contributed by atoms with Crippen LogP contribution in [0.5, 0.6) is 0 Å². The number of nitrogens with zero attached hydrogens (tertiary/aromatic N) is 3. The maximum atomic E-state index is 10.4. The largest absolute Gasteiger partial charge is 0.481 e.